The van der Waals surface area contributed by atoms with Gasteiger partial charge in [-0.25, -0.2) is 9.37 Å². The Labute approximate surface area is 111 Å². The number of hydrogen-bond donors (Lipinski definition) is 1. The molecule has 0 amide bonds. The topological polar surface area (TPSA) is 24.9 Å². The summed E-state index contributed by atoms with van der Waals surface area (Å²) in [5.41, 5.74) is 0.690. The monoisotopic (exact) mass is 262 g/mol. The second kappa shape index (κ2) is 5.98. The van der Waals surface area contributed by atoms with Gasteiger partial charge in [-0.3, -0.25) is 0 Å². The van der Waals surface area contributed by atoms with E-state index < -0.39 is 0 Å². The average Bonchev–Trinajstić information content (AvgIpc) is 2.39. The van der Waals surface area contributed by atoms with Crippen LogP contribution in [0.25, 0.3) is 0 Å². The molecule has 0 fully saturated rings. The van der Waals surface area contributed by atoms with Crippen LogP contribution in [-0.2, 0) is 0 Å². The van der Waals surface area contributed by atoms with E-state index in [0.29, 0.717) is 5.56 Å². The second-order valence-electron chi connectivity index (χ2n) is 3.93. The molecule has 1 aromatic carbocycles. The van der Waals surface area contributed by atoms with E-state index in [0.717, 1.165) is 9.92 Å². The minimum Gasteiger partial charge on any atom is -0.313 e. The predicted molar refractivity (Wildman–Crippen MR) is 72.2 cm³/mol. The fourth-order valence-electron chi connectivity index (χ4n) is 1.69. The molecule has 0 spiro atoms. The lowest BCUT2D eigenvalue weighted by atomic mass is 10.1. The van der Waals surface area contributed by atoms with Crippen LogP contribution in [0.15, 0.2) is 52.5 Å². The van der Waals surface area contributed by atoms with Crippen LogP contribution in [0.2, 0.25) is 0 Å². The first kappa shape index (κ1) is 13.1. The van der Waals surface area contributed by atoms with Gasteiger partial charge in [0.2, 0.25) is 0 Å². The maximum Gasteiger partial charge on any atom is 0.129 e. The molecule has 4 heteroatoms. The Morgan fingerprint density at radius 2 is 2.06 bits per heavy atom. The van der Waals surface area contributed by atoms with Gasteiger partial charge in [-0.15, -0.1) is 0 Å². The molecule has 0 saturated carbocycles. The van der Waals surface area contributed by atoms with Gasteiger partial charge >= 0.3 is 0 Å². The standard InChI is InChI=1S/C14H15FN2S/c1-10(16-2)14-11(15)6-5-7-12(14)18-13-8-3-4-9-17-13/h3-10,16H,1-2H3. The number of nitrogens with zero attached hydrogens (tertiary/aromatic N) is 1. The summed E-state index contributed by atoms with van der Waals surface area (Å²) in [6, 6.07) is 10.8. The van der Waals surface area contributed by atoms with Gasteiger partial charge in [0.25, 0.3) is 0 Å². The Hall–Kier alpha value is -1.39. The molecule has 0 aliphatic heterocycles. The van der Waals surface area contributed by atoms with E-state index in [1.165, 1.54) is 17.8 Å². The van der Waals surface area contributed by atoms with Crippen molar-refractivity contribution in [3.8, 4) is 0 Å². The minimum atomic E-state index is -0.183. The number of aromatic nitrogens is 1. The van der Waals surface area contributed by atoms with Crippen molar-refractivity contribution in [2.45, 2.75) is 22.9 Å². The smallest absolute Gasteiger partial charge is 0.129 e. The molecule has 0 bridgehead atoms. The van der Waals surface area contributed by atoms with Crippen molar-refractivity contribution in [3.63, 3.8) is 0 Å². The van der Waals surface area contributed by atoms with Gasteiger partial charge in [0.1, 0.15) is 10.8 Å². The largest absolute Gasteiger partial charge is 0.313 e. The number of pyridine rings is 1. The van der Waals surface area contributed by atoms with Gasteiger partial charge in [-0.2, -0.15) is 0 Å². The number of benzene rings is 1. The Balaban J connectivity index is 2.36. The summed E-state index contributed by atoms with van der Waals surface area (Å²) in [4.78, 5) is 5.15. The van der Waals surface area contributed by atoms with Crippen LogP contribution in [0.5, 0.6) is 0 Å². The van der Waals surface area contributed by atoms with Crippen LogP contribution in [-0.4, -0.2) is 12.0 Å². The molecule has 2 aromatic rings. The van der Waals surface area contributed by atoms with Gasteiger partial charge in [0.05, 0.1) is 0 Å². The van der Waals surface area contributed by atoms with Crippen LogP contribution in [0, 0.1) is 5.82 Å². The van der Waals surface area contributed by atoms with Crippen molar-refractivity contribution >= 4 is 11.8 Å². The van der Waals surface area contributed by atoms with Gasteiger partial charge in [0.15, 0.2) is 0 Å². The second-order valence-corrected chi connectivity index (χ2v) is 4.99. The average molecular weight is 262 g/mol. The van der Waals surface area contributed by atoms with E-state index in [4.69, 9.17) is 0 Å². The first-order valence-electron chi connectivity index (χ1n) is 5.77. The molecular weight excluding hydrogens is 247 g/mol. The molecule has 1 heterocycles. The molecule has 0 saturated heterocycles. The summed E-state index contributed by atoms with van der Waals surface area (Å²) in [5, 5.41) is 3.94. The van der Waals surface area contributed by atoms with E-state index >= 15 is 0 Å². The normalized spacial score (nSPS) is 12.4. The Morgan fingerprint density at radius 3 is 2.72 bits per heavy atom. The molecule has 18 heavy (non-hydrogen) atoms. The van der Waals surface area contributed by atoms with Crippen molar-refractivity contribution in [2.75, 3.05) is 7.05 Å². The Bertz CT molecular complexity index is 516. The van der Waals surface area contributed by atoms with Crippen molar-refractivity contribution in [1.82, 2.24) is 10.3 Å². The van der Waals surface area contributed by atoms with Crippen molar-refractivity contribution in [1.29, 1.82) is 0 Å². The third kappa shape index (κ3) is 2.89. The highest BCUT2D eigenvalue weighted by molar-refractivity contribution is 7.99. The number of nitrogens with one attached hydrogen (secondary N) is 1. The fraction of sp³-hybridized carbons (Fsp3) is 0.214. The predicted octanol–water partition coefficient (Wildman–Crippen LogP) is 3.65. The lowest BCUT2D eigenvalue weighted by molar-refractivity contribution is 0.552. The summed E-state index contributed by atoms with van der Waals surface area (Å²) in [7, 11) is 1.83. The van der Waals surface area contributed by atoms with Gasteiger partial charge in [-0.1, -0.05) is 23.9 Å². The van der Waals surface area contributed by atoms with Crippen LogP contribution < -0.4 is 5.32 Å². The zero-order valence-corrected chi connectivity index (χ0v) is 11.2. The molecule has 0 aliphatic carbocycles. The molecule has 2 nitrogen and oxygen atoms in total. The minimum absolute atomic E-state index is 0.0302. The summed E-state index contributed by atoms with van der Waals surface area (Å²) < 4.78 is 13.9. The number of halogens is 1. The van der Waals surface area contributed by atoms with E-state index in [1.54, 1.807) is 12.3 Å². The molecule has 1 aromatic heterocycles. The number of hydrogen-bond acceptors (Lipinski definition) is 3. The Morgan fingerprint density at radius 1 is 1.22 bits per heavy atom. The lowest BCUT2D eigenvalue weighted by Gasteiger charge is -2.16. The molecule has 2 rings (SSSR count). The van der Waals surface area contributed by atoms with E-state index in [9.17, 15) is 4.39 Å². The van der Waals surface area contributed by atoms with Gasteiger partial charge < -0.3 is 5.32 Å². The molecule has 0 aliphatic rings. The molecule has 0 radical (unpaired) electrons. The molecular formula is C14H15FN2S. The van der Waals surface area contributed by atoms with Gasteiger partial charge in [-0.05, 0) is 38.2 Å². The van der Waals surface area contributed by atoms with Crippen molar-refractivity contribution in [2.24, 2.45) is 0 Å². The summed E-state index contributed by atoms with van der Waals surface area (Å²) >= 11 is 1.48. The third-order valence-electron chi connectivity index (χ3n) is 2.73. The lowest BCUT2D eigenvalue weighted by Crippen LogP contribution is -2.14. The Kier molecular flexibility index (Phi) is 4.33. The molecule has 1 N–H and O–H groups in total. The first-order chi connectivity index (χ1) is 8.72. The highest BCUT2D eigenvalue weighted by Gasteiger charge is 2.15. The zero-order valence-electron chi connectivity index (χ0n) is 10.4. The number of rotatable bonds is 4. The van der Waals surface area contributed by atoms with Crippen LogP contribution in [0.3, 0.4) is 0 Å². The fourth-order valence-corrected chi connectivity index (χ4v) is 2.71. The molecule has 1 atom stereocenters. The van der Waals surface area contributed by atoms with E-state index in [2.05, 4.69) is 10.3 Å². The van der Waals surface area contributed by atoms with Gasteiger partial charge in [0, 0.05) is 22.7 Å². The highest BCUT2D eigenvalue weighted by atomic mass is 32.2. The maximum absolute atomic E-state index is 13.9. The van der Waals surface area contributed by atoms with Crippen LogP contribution in [0.1, 0.15) is 18.5 Å². The molecule has 1 unspecified atom stereocenters. The first-order valence-corrected chi connectivity index (χ1v) is 6.58. The van der Waals surface area contributed by atoms with E-state index in [1.807, 2.05) is 38.2 Å². The van der Waals surface area contributed by atoms with Crippen LogP contribution in [0.4, 0.5) is 4.39 Å². The van der Waals surface area contributed by atoms with Crippen molar-refractivity contribution in [3.05, 3.63) is 54.0 Å². The summed E-state index contributed by atoms with van der Waals surface area (Å²) in [5.74, 6) is -0.183. The quantitative estimate of drug-likeness (QED) is 0.910. The van der Waals surface area contributed by atoms with Crippen molar-refractivity contribution < 1.29 is 4.39 Å². The third-order valence-corrected chi connectivity index (χ3v) is 3.76. The zero-order chi connectivity index (χ0) is 13.0. The van der Waals surface area contributed by atoms with Crippen LogP contribution >= 0.6 is 11.8 Å². The van der Waals surface area contributed by atoms with E-state index in [-0.39, 0.29) is 11.9 Å². The maximum atomic E-state index is 13.9. The SMILES string of the molecule is CNC(C)c1c(F)cccc1Sc1ccccn1. The highest BCUT2D eigenvalue weighted by Crippen LogP contribution is 2.33. The summed E-state index contributed by atoms with van der Waals surface area (Å²) in [6.07, 6.45) is 1.74. The summed E-state index contributed by atoms with van der Waals surface area (Å²) in [6.45, 7) is 1.95. The molecule has 94 valence electrons.